The van der Waals surface area contributed by atoms with Crippen LogP contribution in [0.4, 0.5) is 4.39 Å². The molecule has 2 N–H and O–H groups in total. The molecular weight excluding hydrogens is 193 g/mol. The van der Waals surface area contributed by atoms with Crippen LogP contribution in [-0.2, 0) is 6.54 Å². The molecule has 0 fully saturated rings. The second-order valence-electron chi connectivity index (χ2n) is 3.84. The van der Waals surface area contributed by atoms with E-state index in [-0.39, 0.29) is 12.4 Å². The maximum Gasteiger partial charge on any atom is 0.127 e. The van der Waals surface area contributed by atoms with Crippen molar-refractivity contribution in [1.82, 2.24) is 5.32 Å². The van der Waals surface area contributed by atoms with Crippen LogP contribution in [-0.4, -0.2) is 18.3 Å². The van der Waals surface area contributed by atoms with Gasteiger partial charge in [-0.3, -0.25) is 0 Å². The fourth-order valence-electron chi connectivity index (χ4n) is 1.42. The smallest absolute Gasteiger partial charge is 0.127 e. The molecular formula is C12H18FNO. The molecule has 1 atom stereocenters. The molecule has 0 heterocycles. The minimum atomic E-state index is -0.167. The highest BCUT2D eigenvalue weighted by atomic mass is 19.1. The van der Waals surface area contributed by atoms with Crippen LogP contribution >= 0.6 is 0 Å². The fraction of sp³-hybridized carbons (Fsp3) is 0.500. The summed E-state index contributed by atoms with van der Waals surface area (Å²) in [6.07, 6.45) is 0.782. The van der Waals surface area contributed by atoms with Crippen molar-refractivity contribution in [2.24, 2.45) is 5.92 Å². The Morgan fingerprint density at radius 2 is 2.13 bits per heavy atom. The Bertz CT molecular complexity index is 291. The molecule has 0 saturated heterocycles. The Hall–Kier alpha value is -0.930. The van der Waals surface area contributed by atoms with Gasteiger partial charge in [0.1, 0.15) is 5.82 Å². The van der Waals surface area contributed by atoms with Gasteiger partial charge in [0, 0.05) is 18.7 Å². The molecule has 0 aliphatic heterocycles. The predicted molar refractivity (Wildman–Crippen MR) is 59.0 cm³/mol. The first-order valence-corrected chi connectivity index (χ1v) is 5.29. The highest BCUT2D eigenvalue weighted by molar-refractivity contribution is 5.16. The van der Waals surface area contributed by atoms with Crippen molar-refractivity contribution < 1.29 is 9.50 Å². The summed E-state index contributed by atoms with van der Waals surface area (Å²) in [7, 11) is 0. The van der Waals surface area contributed by atoms with E-state index in [4.69, 9.17) is 5.11 Å². The van der Waals surface area contributed by atoms with E-state index in [1.54, 1.807) is 12.1 Å². The molecule has 0 aliphatic rings. The lowest BCUT2D eigenvalue weighted by Gasteiger charge is -2.11. The average molecular weight is 211 g/mol. The van der Waals surface area contributed by atoms with E-state index >= 15 is 0 Å². The van der Waals surface area contributed by atoms with Crippen molar-refractivity contribution in [3.05, 3.63) is 35.6 Å². The highest BCUT2D eigenvalue weighted by Crippen LogP contribution is 2.06. The standard InChI is InChI=1S/C12H18FNO/c1-10(6-7-15)8-14-9-11-4-2-3-5-12(11)13/h2-5,10,14-15H,6-9H2,1H3. The lowest BCUT2D eigenvalue weighted by atomic mass is 10.1. The van der Waals surface area contributed by atoms with Crippen molar-refractivity contribution in [3.63, 3.8) is 0 Å². The zero-order valence-corrected chi connectivity index (χ0v) is 9.04. The van der Waals surface area contributed by atoms with Gasteiger partial charge < -0.3 is 10.4 Å². The van der Waals surface area contributed by atoms with Crippen LogP contribution in [0, 0.1) is 11.7 Å². The molecule has 1 aromatic carbocycles. The van der Waals surface area contributed by atoms with Crippen molar-refractivity contribution in [2.45, 2.75) is 19.9 Å². The Balaban J connectivity index is 2.29. The number of hydrogen-bond acceptors (Lipinski definition) is 2. The zero-order chi connectivity index (χ0) is 11.1. The van der Waals surface area contributed by atoms with E-state index in [9.17, 15) is 4.39 Å². The number of hydrogen-bond donors (Lipinski definition) is 2. The maximum absolute atomic E-state index is 13.2. The molecule has 84 valence electrons. The number of nitrogens with one attached hydrogen (secondary N) is 1. The quantitative estimate of drug-likeness (QED) is 0.753. The van der Waals surface area contributed by atoms with E-state index in [1.807, 2.05) is 6.07 Å². The summed E-state index contributed by atoms with van der Waals surface area (Å²) < 4.78 is 13.2. The summed E-state index contributed by atoms with van der Waals surface area (Å²) >= 11 is 0. The van der Waals surface area contributed by atoms with Gasteiger partial charge in [-0.05, 0) is 24.9 Å². The second-order valence-corrected chi connectivity index (χ2v) is 3.84. The van der Waals surface area contributed by atoms with Crippen LogP contribution in [0.2, 0.25) is 0 Å². The lowest BCUT2D eigenvalue weighted by molar-refractivity contribution is 0.260. The van der Waals surface area contributed by atoms with Gasteiger partial charge in [-0.15, -0.1) is 0 Å². The predicted octanol–water partition coefficient (Wildman–Crippen LogP) is 1.93. The second kappa shape index (κ2) is 6.53. The monoisotopic (exact) mass is 211 g/mol. The Kier molecular flexibility index (Phi) is 5.29. The first-order valence-electron chi connectivity index (χ1n) is 5.29. The largest absolute Gasteiger partial charge is 0.396 e. The summed E-state index contributed by atoms with van der Waals surface area (Å²) in [6, 6.07) is 6.76. The summed E-state index contributed by atoms with van der Waals surface area (Å²) in [5.41, 5.74) is 0.689. The van der Waals surface area contributed by atoms with Crippen molar-refractivity contribution >= 4 is 0 Å². The first-order chi connectivity index (χ1) is 7.24. The van der Waals surface area contributed by atoms with Crippen LogP contribution in [0.15, 0.2) is 24.3 Å². The van der Waals surface area contributed by atoms with Crippen molar-refractivity contribution in [3.8, 4) is 0 Å². The third-order valence-corrected chi connectivity index (χ3v) is 2.39. The molecule has 1 aromatic rings. The topological polar surface area (TPSA) is 32.3 Å². The van der Waals surface area contributed by atoms with Crippen LogP contribution in [0.5, 0.6) is 0 Å². The molecule has 0 saturated carbocycles. The number of halogens is 1. The van der Waals surface area contributed by atoms with E-state index in [2.05, 4.69) is 12.2 Å². The van der Waals surface area contributed by atoms with Crippen molar-refractivity contribution in [2.75, 3.05) is 13.2 Å². The SMILES string of the molecule is CC(CCO)CNCc1ccccc1F. The number of aliphatic hydroxyl groups excluding tert-OH is 1. The summed E-state index contributed by atoms with van der Waals surface area (Å²) in [5, 5.41) is 11.9. The van der Waals surface area contributed by atoms with Crippen LogP contribution in [0.3, 0.4) is 0 Å². The molecule has 1 rings (SSSR count). The molecule has 2 nitrogen and oxygen atoms in total. The van der Waals surface area contributed by atoms with Gasteiger partial charge >= 0.3 is 0 Å². The van der Waals surface area contributed by atoms with Crippen LogP contribution in [0.25, 0.3) is 0 Å². The van der Waals surface area contributed by atoms with E-state index in [1.165, 1.54) is 6.07 Å². The molecule has 0 spiro atoms. The Morgan fingerprint density at radius 3 is 2.80 bits per heavy atom. The zero-order valence-electron chi connectivity index (χ0n) is 9.04. The normalized spacial score (nSPS) is 12.7. The molecule has 0 bridgehead atoms. The summed E-state index contributed by atoms with van der Waals surface area (Å²) in [4.78, 5) is 0. The van der Waals surface area contributed by atoms with Gasteiger partial charge in [0.15, 0.2) is 0 Å². The molecule has 15 heavy (non-hydrogen) atoms. The molecule has 0 aromatic heterocycles. The van der Waals surface area contributed by atoms with Gasteiger partial charge in [-0.25, -0.2) is 4.39 Å². The average Bonchev–Trinajstić information content (AvgIpc) is 2.21. The van der Waals surface area contributed by atoms with E-state index in [0.717, 1.165) is 13.0 Å². The number of benzene rings is 1. The van der Waals surface area contributed by atoms with Gasteiger partial charge in [-0.2, -0.15) is 0 Å². The lowest BCUT2D eigenvalue weighted by Crippen LogP contribution is -2.21. The molecule has 0 radical (unpaired) electrons. The third kappa shape index (κ3) is 4.40. The Labute approximate surface area is 90.1 Å². The number of rotatable bonds is 6. The minimum absolute atomic E-state index is 0.167. The van der Waals surface area contributed by atoms with E-state index < -0.39 is 0 Å². The molecule has 3 heteroatoms. The van der Waals surface area contributed by atoms with Gasteiger partial charge in [-0.1, -0.05) is 25.1 Å². The third-order valence-electron chi connectivity index (χ3n) is 2.39. The van der Waals surface area contributed by atoms with Crippen LogP contribution in [0.1, 0.15) is 18.9 Å². The maximum atomic E-state index is 13.2. The van der Waals surface area contributed by atoms with Gasteiger partial charge in [0.05, 0.1) is 0 Å². The van der Waals surface area contributed by atoms with Crippen molar-refractivity contribution in [1.29, 1.82) is 0 Å². The summed E-state index contributed by atoms with van der Waals surface area (Å²) in [6.45, 7) is 3.62. The van der Waals surface area contributed by atoms with Gasteiger partial charge in [0.2, 0.25) is 0 Å². The number of aliphatic hydroxyl groups is 1. The molecule has 0 amide bonds. The molecule has 1 unspecified atom stereocenters. The van der Waals surface area contributed by atoms with E-state index in [0.29, 0.717) is 18.0 Å². The minimum Gasteiger partial charge on any atom is -0.396 e. The van der Waals surface area contributed by atoms with Crippen LogP contribution < -0.4 is 5.32 Å². The fourth-order valence-corrected chi connectivity index (χ4v) is 1.42. The summed E-state index contributed by atoms with van der Waals surface area (Å²) in [5.74, 6) is 0.251. The highest BCUT2D eigenvalue weighted by Gasteiger charge is 2.02. The van der Waals surface area contributed by atoms with Gasteiger partial charge in [0.25, 0.3) is 0 Å². The first kappa shape index (κ1) is 12.1. The Morgan fingerprint density at radius 1 is 1.40 bits per heavy atom. The molecule has 0 aliphatic carbocycles.